The van der Waals surface area contributed by atoms with Gasteiger partial charge in [0.05, 0.1) is 6.04 Å². The van der Waals surface area contributed by atoms with E-state index in [9.17, 15) is 34.5 Å². The number of benzene rings is 3. The van der Waals surface area contributed by atoms with E-state index in [0.29, 0.717) is 11.1 Å². The number of carboxylic acid groups (broad SMARTS) is 1. The number of nitrogens with two attached hydrogens (primary N) is 3. The zero-order chi connectivity index (χ0) is 36.2. The van der Waals surface area contributed by atoms with Crippen molar-refractivity contribution in [2.24, 2.45) is 22.2 Å². The second kappa shape index (κ2) is 17.3. The Morgan fingerprint density at radius 3 is 1.90 bits per heavy atom. The predicted molar refractivity (Wildman–Crippen MR) is 187 cm³/mol. The number of H-pyrrole nitrogens is 1. The minimum absolute atomic E-state index is 0.00352. The van der Waals surface area contributed by atoms with Crippen molar-refractivity contribution >= 4 is 40.6 Å². The van der Waals surface area contributed by atoms with Gasteiger partial charge < -0.3 is 53.5 Å². The molecule has 15 heteroatoms. The van der Waals surface area contributed by atoms with Crippen molar-refractivity contribution in [2.75, 3.05) is 6.54 Å². The Morgan fingerprint density at radius 2 is 1.28 bits per heavy atom. The number of guanidine groups is 1. The molecule has 3 amide bonds. The van der Waals surface area contributed by atoms with Crippen LogP contribution >= 0.6 is 0 Å². The number of rotatable bonds is 17. The van der Waals surface area contributed by atoms with Crippen molar-refractivity contribution in [2.45, 2.75) is 56.3 Å². The molecule has 0 radical (unpaired) electrons. The molecule has 4 atom stereocenters. The van der Waals surface area contributed by atoms with Crippen LogP contribution in [0.1, 0.15) is 29.5 Å². The number of fused-ring (bicyclic) bond motifs is 1. The van der Waals surface area contributed by atoms with E-state index in [0.717, 1.165) is 16.5 Å². The summed E-state index contributed by atoms with van der Waals surface area (Å²) in [4.78, 5) is 60.1. The number of amides is 3. The Balaban J connectivity index is 1.56. The Labute approximate surface area is 288 Å². The molecule has 264 valence electrons. The van der Waals surface area contributed by atoms with Crippen molar-refractivity contribution < 1.29 is 34.5 Å². The number of carbonyl (C=O) groups excluding carboxylic acids is 3. The molecule has 0 aliphatic carbocycles. The van der Waals surface area contributed by atoms with Crippen LogP contribution < -0.4 is 33.2 Å². The summed E-state index contributed by atoms with van der Waals surface area (Å²) in [6.07, 6.45) is 2.09. The van der Waals surface area contributed by atoms with Crippen molar-refractivity contribution in [1.82, 2.24) is 20.9 Å². The minimum atomic E-state index is -1.36. The molecule has 1 aromatic heterocycles. The van der Waals surface area contributed by atoms with Crippen LogP contribution in [0.2, 0.25) is 0 Å². The summed E-state index contributed by atoms with van der Waals surface area (Å²) in [5.41, 5.74) is 19.9. The standard InChI is InChI=1S/C35H42N8O7/c36-26(16-20-7-11-23(44)12-8-20)31(46)42-29(18-22-19-40-27-5-2-1-4-25(22)27)33(48)41-28(6-3-15-39-35(37)38)32(47)43-30(34(49)50)17-21-9-13-24(45)14-10-21/h1-2,4-5,7-14,19,26,28-30,40,44-45H,3,6,15-18,36H2,(H,41,48)(H,42,46)(H,43,47)(H,49,50)(H4,37,38,39). The summed E-state index contributed by atoms with van der Waals surface area (Å²) in [5.74, 6) is -3.47. The van der Waals surface area contributed by atoms with E-state index in [1.807, 2.05) is 24.3 Å². The molecule has 1 heterocycles. The fraction of sp³-hybridized carbons (Fsp3) is 0.286. The number of hydrogen-bond donors (Lipinski definition) is 10. The maximum atomic E-state index is 14.0. The lowest BCUT2D eigenvalue weighted by Crippen LogP contribution is -2.58. The van der Waals surface area contributed by atoms with Gasteiger partial charge in [-0.3, -0.25) is 19.4 Å². The number of carboxylic acids is 1. The van der Waals surface area contributed by atoms with Gasteiger partial charge in [0.2, 0.25) is 17.7 Å². The lowest BCUT2D eigenvalue weighted by atomic mass is 10.0. The fourth-order valence-electron chi connectivity index (χ4n) is 5.37. The Bertz CT molecular complexity index is 1800. The molecule has 4 unspecified atom stereocenters. The number of phenolic OH excluding ortho intramolecular Hbond substituents is 2. The largest absolute Gasteiger partial charge is 0.508 e. The third-order valence-electron chi connectivity index (χ3n) is 8.03. The summed E-state index contributed by atoms with van der Waals surface area (Å²) >= 11 is 0. The van der Waals surface area contributed by atoms with E-state index in [-0.39, 0.29) is 56.1 Å². The summed E-state index contributed by atoms with van der Waals surface area (Å²) in [5, 5.41) is 37.8. The van der Waals surface area contributed by atoms with Gasteiger partial charge in [0, 0.05) is 36.5 Å². The molecule has 0 fully saturated rings. The van der Waals surface area contributed by atoms with Gasteiger partial charge in [-0.2, -0.15) is 0 Å². The Kier molecular flexibility index (Phi) is 12.7. The van der Waals surface area contributed by atoms with Crippen LogP contribution in [0.4, 0.5) is 0 Å². The van der Waals surface area contributed by atoms with Gasteiger partial charge in [0.15, 0.2) is 5.96 Å². The molecule has 15 nitrogen and oxygen atoms in total. The molecule has 13 N–H and O–H groups in total. The summed E-state index contributed by atoms with van der Waals surface area (Å²) < 4.78 is 0. The monoisotopic (exact) mass is 686 g/mol. The number of aliphatic carboxylic acids is 1. The van der Waals surface area contributed by atoms with Crippen molar-refractivity contribution in [3.8, 4) is 11.5 Å². The second-order valence-electron chi connectivity index (χ2n) is 11.9. The van der Waals surface area contributed by atoms with Gasteiger partial charge in [-0.15, -0.1) is 0 Å². The smallest absolute Gasteiger partial charge is 0.326 e. The number of nitrogens with zero attached hydrogens (tertiary/aromatic N) is 1. The maximum absolute atomic E-state index is 14.0. The number of aromatic amines is 1. The highest BCUT2D eigenvalue weighted by atomic mass is 16.4. The van der Waals surface area contributed by atoms with Crippen LogP contribution in [0.3, 0.4) is 0 Å². The van der Waals surface area contributed by atoms with E-state index in [2.05, 4.69) is 25.9 Å². The second-order valence-corrected chi connectivity index (χ2v) is 11.9. The van der Waals surface area contributed by atoms with E-state index in [1.165, 1.54) is 36.4 Å². The fourth-order valence-corrected chi connectivity index (χ4v) is 5.37. The number of para-hydroxylation sites is 1. The average molecular weight is 687 g/mol. The van der Waals surface area contributed by atoms with Gasteiger partial charge in [-0.05, 0) is 66.3 Å². The maximum Gasteiger partial charge on any atom is 0.326 e. The SMILES string of the molecule is NC(N)=NCCCC(NC(=O)C(Cc1c[nH]c2ccccc12)NC(=O)C(N)Cc1ccc(O)cc1)C(=O)NC(Cc1ccc(O)cc1)C(=O)O. The zero-order valence-electron chi connectivity index (χ0n) is 27.2. The normalized spacial score (nSPS) is 13.4. The summed E-state index contributed by atoms with van der Waals surface area (Å²) in [6, 6.07) is 14.7. The molecule has 0 bridgehead atoms. The molecule has 0 saturated heterocycles. The van der Waals surface area contributed by atoms with Crippen LogP contribution in [0.25, 0.3) is 10.9 Å². The van der Waals surface area contributed by atoms with Crippen LogP contribution in [-0.2, 0) is 38.4 Å². The first kappa shape index (κ1) is 36.7. The lowest BCUT2D eigenvalue weighted by Gasteiger charge is -2.25. The zero-order valence-corrected chi connectivity index (χ0v) is 27.2. The van der Waals surface area contributed by atoms with E-state index < -0.39 is 47.9 Å². The first-order valence-corrected chi connectivity index (χ1v) is 15.9. The Hall–Kier alpha value is -6.09. The molecule has 4 aromatic rings. The predicted octanol–water partition coefficient (Wildman–Crippen LogP) is 0.527. The highest BCUT2D eigenvalue weighted by Crippen LogP contribution is 2.20. The summed E-state index contributed by atoms with van der Waals surface area (Å²) in [6.45, 7) is 0.138. The lowest BCUT2D eigenvalue weighted by molar-refractivity contribution is -0.142. The van der Waals surface area contributed by atoms with Gasteiger partial charge in [0.25, 0.3) is 0 Å². The third-order valence-corrected chi connectivity index (χ3v) is 8.03. The van der Waals surface area contributed by atoms with Crippen LogP contribution in [0.5, 0.6) is 11.5 Å². The third kappa shape index (κ3) is 10.7. The van der Waals surface area contributed by atoms with E-state index in [1.54, 1.807) is 18.3 Å². The minimum Gasteiger partial charge on any atom is -0.508 e. The van der Waals surface area contributed by atoms with Gasteiger partial charge in [-0.1, -0.05) is 42.5 Å². The Morgan fingerprint density at radius 1 is 0.720 bits per heavy atom. The molecule has 50 heavy (non-hydrogen) atoms. The van der Waals surface area contributed by atoms with E-state index in [4.69, 9.17) is 17.2 Å². The first-order chi connectivity index (χ1) is 23.9. The number of hydrogen-bond acceptors (Lipinski definition) is 8. The number of aromatic nitrogens is 1. The number of phenols is 2. The van der Waals surface area contributed by atoms with Crippen LogP contribution in [0, 0.1) is 0 Å². The topological polar surface area (TPSA) is 271 Å². The van der Waals surface area contributed by atoms with Crippen molar-refractivity contribution in [3.05, 3.63) is 95.7 Å². The highest BCUT2D eigenvalue weighted by Gasteiger charge is 2.31. The number of aliphatic imine (C=N–C) groups is 1. The van der Waals surface area contributed by atoms with Gasteiger partial charge >= 0.3 is 5.97 Å². The van der Waals surface area contributed by atoms with Crippen LogP contribution in [0.15, 0.2) is 84.0 Å². The van der Waals surface area contributed by atoms with Crippen molar-refractivity contribution in [1.29, 1.82) is 0 Å². The number of nitrogens with one attached hydrogen (secondary N) is 4. The molecular weight excluding hydrogens is 644 g/mol. The van der Waals surface area contributed by atoms with E-state index >= 15 is 0 Å². The number of carbonyl (C=O) groups is 4. The van der Waals surface area contributed by atoms with Crippen LogP contribution in [-0.4, -0.2) is 80.7 Å². The molecule has 0 aliphatic heterocycles. The molecule has 0 aliphatic rings. The number of aromatic hydroxyl groups is 2. The van der Waals surface area contributed by atoms with Crippen molar-refractivity contribution in [3.63, 3.8) is 0 Å². The van der Waals surface area contributed by atoms with Gasteiger partial charge in [-0.25, -0.2) is 4.79 Å². The average Bonchev–Trinajstić information content (AvgIpc) is 3.49. The molecule has 3 aromatic carbocycles. The quantitative estimate of drug-likeness (QED) is 0.0418. The van der Waals surface area contributed by atoms with Gasteiger partial charge in [0.1, 0.15) is 29.6 Å². The first-order valence-electron chi connectivity index (χ1n) is 15.9. The summed E-state index contributed by atoms with van der Waals surface area (Å²) in [7, 11) is 0. The molecular formula is C35H42N8O7. The molecule has 0 saturated carbocycles. The molecule has 4 rings (SSSR count). The highest BCUT2D eigenvalue weighted by molar-refractivity contribution is 5.95. The molecule has 0 spiro atoms.